The second kappa shape index (κ2) is 5.14. The first-order chi connectivity index (χ1) is 7.13. The largest absolute Gasteiger partial charge is 0.464 e. The molecule has 82 valence electrons. The molecule has 3 N–H and O–H groups in total. The standard InChI is InChI=1S/C9H14N4O2/c1-3-15-9(14)6(2)11-8-5-4-7(10)12-13-8/h4-6H,3H2,1-2H3,(H2,10,12)(H,11,13). The lowest BCUT2D eigenvalue weighted by atomic mass is 10.3. The molecule has 1 unspecified atom stereocenters. The van der Waals surface area contributed by atoms with Gasteiger partial charge in [-0.05, 0) is 26.0 Å². The molecule has 0 saturated heterocycles. The van der Waals surface area contributed by atoms with E-state index in [2.05, 4.69) is 15.5 Å². The van der Waals surface area contributed by atoms with Gasteiger partial charge in [0.1, 0.15) is 17.7 Å². The SMILES string of the molecule is CCOC(=O)C(C)Nc1ccc(N)nn1. The van der Waals surface area contributed by atoms with Crippen LogP contribution in [0.25, 0.3) is 0 Å². The van der Waals surface area contributed by atoms with E-state index in [0.717, 1.165) is 0 Å². The zero-order chi connectivity index (χ0) is 11.3. The molecule has 1 atom stereocenters. The number of rotatable bonds is 4. The van der Waals surface area contributed by atoms with Crippen molar-refractivity contribution in [2.24, 2.45) is 0 Å². The number of nitrogen functional groups attached to an aromatic ring is 1. The van der Waals surface area contributed by atoms with Gasteiger partial charge in [-0.1, -0.05) is 0 Å². The van der Waals surface area contributed by atoms with E-state index < -0.39 is 6.04 Å². The summed E-state index contributed by atoms with van der Waals surface area (Å²) in [5.74, 6) is 0.505. The number of aromatic nitrogens is 2. The molecule has 0 amide bonds. The fourth-order valence-electron chi connectivity index (χ4n) is 0.968. The highest BCUT2D eigenvalue weighted by molar-refractivity contribution is 5.78. The van der Waals surface area contributed by atoms with Gasteiger partial charge in [-0.25, -0.2) is 4.79 Å². The summed E-state index contributed by atoms with van der Waals surface area (Å²) in [5, 5.41) is 10.3. The predicted molar refractivity (Wildman–Crippen MR) is 56.2 cm³/mol. The molecule has 1 aromatic rings. The van der Waals surface area contributed by atoms with E-state index in [4.69, 9.17) is 10.5 Å². The van der Waals surface area contributed by atoms with Crippen LogP contribution in [0.3, 0.4) is 0 Å². The van der Waals surface area contributed by atoms with Crippen LogP contribution < -0.4 is 11.1 Å². The Hall–Kier alpha value is -1.85. The monoisotopic (exact) mass is 210 g/mol. The maximum atomic E-state index is 11.3. The maximum Gasteiger partial charge on any atom is 0.328 e. The van der Waals surface area contributed by atoms with Crippen LogP contribution in [0.1, 0.15) is 13.8 Å². The Bertz CT molecular complexity index is 325. The summed E-state index contributed by atoms with van der Waals surface area (Å²) >= 11 is 0. The average Bonchev–Trinajstić information content (AvgIpc) is 2.22. The summed E-state index contributed by atoms with van der Waals surface area (Å²) < 4.78 is 4.83. The molecule has 0 aliphatic carbocycles. The maximum absolute atomic E-state index is 11.3. The van der Waals surface area contributed by atoms with Crippen LogP contribution in [0.2, 0.25) is 0 Å². The number of nitrogens with zero attached hydrogens (tertiary/aromatic N) is 2. The summed E-state index contributed by atoms with van der Waals surface area (Å²) in [6.45, 7) is 3.81. The predicted octanol–water partition coefficient (Wildman–Crippen LogP) is 0.422. The highest BCUT2D eigenvalue weighted by Crippen LogP contribution is 2.05. The first kappa shape index (κ1) is 11.2. The number of esters is 1. The Morgan fingerprint density at radius 1 is 1.60 bits per heavy atom. The van der Waals surface area contributed by atoms with Gasteiger partial charge < -0.3 is 15.8 Å². The van der Waals surface area contributed by atoms with Crippen LogP contribution in [0.4, 0.5) is 11.6 Å². The second-order valence-corrected chi connectivity index (χ2v) is 2.96. The molecule has 0 bridgehead atoms. The van der Waals surface area contributed by atoms with Crippen molar-refractivity contribution in [3.8, 4) is 0 Å². The topological polar surface area (TPSA) is 90.1 Å². The second-order valence-electron chi connectivity index (χ2n) is 2.96. The van der Waals surface area contributed by atoms with Crippen LogP contribution >= 0.6 is 0 Å². The normalized spacial score (nSPS) is 11.9. The number of ether oxygens (including phenoxy) is 1. The molecule has 1 heterocycles. The fraction of sp³-hybridized carbons (Fsp3) is 0.444. The van der Waals surface area contributed by atoms with Gasteiger partial charge in [0, 0.05) is 0 Å². The third-order valence-corrected chi connectivity index (χ3v) is 1.69. The molecule has 6 nitrogen and oxygen atoms in total. The van der Waals surface area contributed by atoms with Crippen molar-refractivity contribution in [3.05, 3.63) is 12.1 Å². The van der Waals surface area contributed by atoms with E-state index >= 15 is 0 Å². The molecule has 0 aliphatic rings. The highest BCUT2D eigenvalue weighted by Gasteiger charge is 2.13. The molecule has 0 spiro atoms. The summed E-state index contributed by atoms with van der Waals surface area (Å²) in [6, 6.07) is 2.80. The van der Waals surface area contributed by atoms with Crippen LogP contribution in [0.15, 0.2) is 12.1 Å². The molecular weight excluding hydrogens is 196 g/mol. The van der Waals surface area contributed by atoms with Gasteiger partial charge in [0.05, 0.1) is 6.61 Å². The minimum atomic E-state index is -0.456. The van der Waals surface area contributed by atoms with Gasteiger partial charge in [0.2, 0.25) is 0 Å². The Morgan fingerprint density at radius 2 is 2.33 bits per heavy atom. The van der Waals surface area contributed by atoms with E-state index in [1.807, 2.05) is 0 Å². The van der Waals surface area contributed by atoms with Gasteiger partial charge in [-0.2, -0.15) is 0 Å². The summed E-state index contributed by atoms with van der Waals surface area (Å²) in [5.41, 5.74) is 5.37. The van der Waals surface area contributed by atoms with E-state index in [1.165, 1.54) is 0 Å². The van der Waals surface area contributed by atoms with Crippen molar-refractivity contribution < 1.29 is 9.53 Å². The Labute approximate surface area is 87.8 Å². The van der Waals surface area contributed by atoms with E-state index in [1.54, 1.807) is 26.0 Å². The molecule has 0 aromatic carbocycles. The highest BCUT2D eigenvalue weighted by atomic mass is 16.5. The van der Waals surface area contributed by atoms with Gasteiger partial charge in [-0.3, -0.25) is 0 Å². The lowest BCUT2D eigenvalue weighted by Gasteiger charge is -2.12. The molecule has 1 aromatic heterocycles. The summed E-state index contributed by atoms with van der Waals surface area (Å²) in [4.78, 5) is 11.3. The number of hydrogen-bond donors (Lipinski definition) is 2. The van der Waals surface area contributed by atoms with Crippen LogP contribution in [0, 0.1) is 0 Å². The molecule has 0 aliphatic heterocycles. The van der Waals surface area contributed by atoms with Gasteiger partial charge >= 0.3 is 5.97 Å². The third-order valence-electron chi connectivity index (χ3n) is 1.69. The van der Waals surface area contributed by atoms with E-state index in [9.17, 15) is 4.79 Å². The molecule has 15 heavy (non-hydrogen) atoms. The molecule has 0 radical (unpaired) electrons. The van der Waals surface area contributed by atoms with Crippen molar-refractivity contribution in [3.63, 3.8) is 0 Å². The average molecular weight is 210 g/mol. The van der Waals surface area contributed by atoms with Crippen molar-refractivity contribution in [1.82, 2.24) is 10.2 Å². The quantitative estimate of drug-likeness (QED) is 0.700. The van der Waals surface area contributed by atoms with Crippen molar-refractivity contribution in [2.75, 3.05) is 17.7 Å². The minimum absolute atomic E-state index is 0.323. The molecular formula is C9H14N4O2. The first-order valence-electron chi connectivity index (χ1n) is 4.66. The summed E-state index contributed by atoms with van der Waals surface area (Å²) in [7, 11) is 0. The van der Waals surface area contributed by atoms with Crippen molar-refractivity contribution in [1.29, 1.82) is 0 Å². The van der Waals surface area contributed by atoms with Crippen molar-refractivity contribution >= 4 is 17.6 Å². The first-order valence-corrected chi connectivity index (χ1v) is 4.66. The lowest BCUT2D eigenvalue weighted by Crippen LogP contribution is -2.28. The van der Waals surface area contributed by atoms with Crippen molar-refractivity contribution in [2.45, 2.75) is 19.9 Å². The van der Waals surface area contributed by atoms with Gasteiger partial charge in [0.15, 0.2) is 0 Å². The molecule has 0 fully saturated rings. The number of hydrogen-bond acceptors (Lipinski definition) is 6. The number of anilines is 2. The fourth-order valence-corrected chi connectivity index (χ4v) is 0.968. The van der Waals surface area contributed by atoms with Crippen LogP contribution in [0.5, 0.6) is 0 Å². The molecule has 6 heteroatoms. The molecule has 1 rings (SSSR count). The van der Waals surface area contributed by atoms with E-state index in [-0.39, 0.29) is 5.97 Å². The van der Waals surface area contributed by atoms with Crippen LogP contribution in [-0.4, -0.2) is 28.8 Å². The zero-order valence-corrected chi connectivity index (χ0v) is 8.73. The van der Waals surface area contributed by atoms with Gasteiger partial charge in [0.25, 0.3) is 0 Å². The third kappa shape index (κ3) is 3.41. The summed E-state index contributed by atoms with van der Waals surface area (Å²) in [6.07, 6.45) is 0. The number of carbonyl (C=O) groups is 1. The van der Waals surface area contributed by atoms with Crippen LogP contribution in [-0.2, 0) is 9.53 Å². The number of carbonyl (C=O) groups excluding carboxylic acids is 1. The number of nitrogens with two attached hydrogens (primary N) is 1. The molecule has 0 saturated carbocycles. The Balaban J connectivity index is 2.54. The Kier molecular flexibility index (Phi) is 3.84. The smallest absolute Gasteiger partial charge is 0.328 e. The minimum Gasteiger partial charge on any atom is -0.464 e. The number of nitrogens with one attached hydrogen (secondary N) is 1. The van der Waals surface area contributed by atoms with Gasteiger partial charge in [-0.15, -0.1) is 10.2 Å². The Morgan fingerprint density at radius 3 is 2.87 bits per heavy atom. The van der Waals surface area contributed by atoms with E-state index in [0.29, 0.717) is 18.2 Å². The zero-order valence-electron chi connectivity index (χ0n) is 8.73. The lowest BCUT2D eigenvalue weighted by molar-refractivity contribution is -0.143.